The van der Waals surface area contributed by atoms with E-state index in [2.05, 4.69) is 6.08 Å². The summed E-state index contributed by atoms with van der Waals surface area (Å²) >= 11 is 0. The summed E-state index contributed by atoms with van der Waals surface area (Å²) in [6, 6.07) is 0.422. The van der Waals surface area contributed by atoms with E-state index in [9.17, 15) is 0 Å². The first kappa shape index (κ1) is 7.35. The first-order valence-electron chi connectivity index (χ1n) is 4.82. The molecule has 0 heterocycles. The van der Waals surface area contributed by atoms with Gasteiger partial charge in [0.05, 0.1) is 0 Å². The van der Waals surface area contributed by atoms with Crippen LogP contribution < -0.4 is 5.73 Å². The van der Waals surface area contributed by atoms with Crippen LogP contribution in [-0.4, -0.2) is 6.04 Å². The second-order valence-electron chi connectivity index (χ2n) is 3.89. The van der Waals surface area contributed by atoms with Crippen LogP contribution in [0.5, 0.6) is 0 Å². The Labute approximate surface area is 68.7 Å². The van der Waals surface area contributed by atoms with Crippen molar-refractivity contribution in [3.05, 3.63) is 11.6 Å². The van der Waals surface area contributed by atoms with Gasteiger partial charge in [-0.3, -0.25) is 0 Å². The minimum absolute atomic E-state index is 0.422. The fraction of sp³-hybridized carbons (Fsp3) is 0.800. The van der Waals surface area contributed by atoms with Crippen LogP contribution in [0.3, 0.4) is 0 Å². The SMILES string of the molecule is NC(C1=CCCC1)C1CCC1. The highest BCUT2D eigenvalue weighted by molar-refractivity contribution is 5.16. The Kier molecular flexibility index (Phi) is 1.99. The Morgan fingerprint density at radius 2 is 2.18 bits per heavy atom. The molecule has 2 rings (SSSR count). The molecule has 2 aliphatic carbocycles. The maximum atomic E-state index is 6.12. The highest BCUT2D eigenvalue weighted by Gasteiger charge is 2.27. The van der Waals surface area contributed by atoms with Crippen molar-refractivity contribution in [3.63, 3.8) is 0 Å². The minimum Gasteiger partial charge on any atom is -0.324 e. The Morgan fingerprint density at radius 3 is 2.64 bits per heavy atom. The Balaban J connectivity index is 1.92. The second-order valence-corrected chi connectivity index (χ2v) is 3.89. The van der Waals surface area contributed by atoms with Crippen LogP contribution in [0, 0.1) is 5.92 Å². The lowest BCUT2D eigenvalue weighted by atomic mass is 9.77. The molecule has 1 fully saturated rings. The molecule has 0 radical (unpaired) electrons. The lowest BCUT2D eigenvalue weighted by molar-refractivity contribution is 0.280. The van der Waals surface area contributed by atoms with Gasteiger partial charge < -0.3 is 5.73 Å². The summed E-state index contributed by atoms with van der Waals surface area (Å²) in [5.41, 5.74) is 7.67. The molecule has 1 saturated carbocycles. The van der Waals surface area contributed by atoms with Crippen molar-refractivity contribution in [2.75, 3.05) is 0 Å². The van der Waals surface area contributed by atoms with Gasteiger partial charge in [0.2, 0.25) is 0 Å². The molecule has 0 bridgehead atoms. The molecule has 0 aromatic carbocycles. The topological polar surface area (TPSA) is 26.0 Å². The second kappa shape index (κ2) is 2.98. The zero-order valence-corrected chi connectivity index (χ0v) is 7.05. The number of allylic oxidation sites excluding steroid dienone is 1. The van der Waals surface area contributed by atoms with Gasteiger partial charge in [-0.15, -0.1) is 0 Å². The van der Waals surface area contributed by atoms with Crippen molar-refractivity contribution >= 4 is 0 Å². The largest absolute Gasteiger partial charge is 0.324 e. The first-order chi connectivity index (χ1) is 5.38. The molecule has 11 heavy (non-hydrogen) atoms. The fourth-order valence-electron chi connectivity index (χ4n) is 2.10. The van der Waals surface area contributed by atoms with E-state index in [0.29, 0.717) is 6.04 Å². The Hall–Kier alpha value is -0.300. The van der Waals surface area contributed by atoms with Crippen LogP contribution in [0.1, 0.15) is 38.5 Å². The number of nitrogens with two attached hydrogens (primary N) is 1. The van der Waals surface area contributed by atoms with Crippen LogP contribution in [0.2, 0.25) is 0 Å². The van der Waals surface area contributed by atoms with Crippen molar-refractivity contribution in [1.82, 2.24) is 0 Å². The number of hydrogen-bond donors (Lipinski definition) is 1. The van der Waals surface area contributed by atoms with Crippen molar-refractivity contribution in [1.29, 1.82) is 0 Å². The van der Waals surface area contributed by atoms with Gasteiger partial charge in [-0.2, -0.15) is 0 Å². The van der Waals surface area contributed by atoms with Gasteiger partial charge in [0.1, 0.15) is 0 Å². The average Bonchev–Trinajstić information content (AvgIpc) is 2.32. The Morgan fingerprint density at radius 1 is 1.36 bits per heavy atom. The summed E-state index contributed by atoms with van der Waals surface area (Å²) in [5, 5.41) is 0. The standard InChI is InChI=1S/C10H17N/c11-10(9-6-3-7-9)8-4-1-2-5-8/h4,9-10H,1-3,5-7,11H2. The van der Waals surface area contributed by atoms with Crippen molar-refractivity contribution in [3.8, 4) is 0 Å². The van der Waals surface area contributed by atoms with Gasteiger partial charge in [-0.25, -0.2) is 0 Å². The van der Waals surface area contributed by atoms with E-state index in [4.69, 9.17) is 5.73 Å². The molecule has 1 unspecified atom stereocenters. The normalized spacial score (nSPS) is 27.9. The third-order valence-corrected chi connectivity index (χ3v) is 3.16. The summed E-state index contributed by atoms with van der Waals surface area (Å²) in [7, 11) is 0. The van der Waals surface area contributed by atoms with Crippen LogP contribution in [0.15, 0.2) is 11.6 Å². The van der Waals surface area contributed by atoms with Crippen molar-refractivity contribution < 1.29 is 0 Å². The minimum atomic E-state index is 0.422. The summed E-state index contributed by atoms with van der Waals surface area (Å²) in [6.45, 7) is 0. The van der Waals surface area contributed by atoms with Gasteiger partial charge >= 0.3 is 0 Å². The summed E-state index contributed by atoms with van der Waals surface area (Å²) in [5.74, 6) is 0.833. The maximum Gasteiger partial charge on any atom is 0.0282 e. The molecule has 2 aliphatic rings. The van der Waals surface area contributed by atoms with Gasteiger partial charge in [-0.05, 0) is 38.0 Å². The molecule has 0 aromatic rings. The molecule has 62 valence electrons. The number of rotatable bonds is 2. The highest BCUT2D eigenvalue weighted by Crippen LogP contribution is 2.34. The van der Waals surface area contributed by atoms with Gasteiger partial charge in [0.25, 0.3) is 0 Å². The fourth-order valence-corrected chi connectivity index (χ4v) is 2.10. The van der Waals surface area contributed by atoms with E-state index >= 15 is 0 Å². The van der Waals surface area contributed by atoms with E-state index in [-0.39, 0.29) is 0 Å². The lowest BCUT2D eigenvalue weighted by Crippen LogP contribution is -2.35. The van der Waals surface area contributed by atoms with Crippen molar-refractivity contribution in [2.24, 2.45) is 11.7 Å². The van der Waals surface area contributed by atoms with Crippen LogP contribution in [0.25, 0.3) is 0 Å². The predicted molar refractivity (Wildman–Crippen MR) is 47.3 cm³/mol. The van der Waals surface area contributed by atoms with Crippen molar-refractivity contribution in [2.45, 2.75) is 44.6 Å². The summed E-state index contributed by atoms with van der Waals surface area (Å²) < 4.78 is 0. The zero-order valence-electron chi connectivity index (χ0n) is 7.05. The van der Waals surface area contributed by atoms with E-state index in [1.165, 1.54) is 38.5 Å². The summed E-state index contributed by atoms with van der Waals surface area (Å²) in [6.07, 6.45) is 10.4. The average molecular weight is 151 g/mol. The molecule has 0 aliphatic heterocycles. The predicted octanol–water partition coefficient (Wildman–Crippen LogP) is 2.22. The van der Waals surface area contributed by atoms with Crippen LogP contribution in [-0.2, 0) is 0 Å². The molecule has 1 atom stereocenters. The third kappa shape index (κ3) is 1.34. The molecule has 1 heteroatoms. The molecule has 2 N–H and O–H groups in total. The third-order valence-electron chi connectivity index (χ3n) is 3.16. The maximum absolute atomic E-state index is 6.12. The van der Waals surface area contributed by atoms with Gasteiger partial charge in [0.15, 0.2) is 0 Å². The quantitative estimate of drug-likeness (QED) is 0.602. The summed E-state index contributed by atoms with van der Waals surface area (Å²) in [4.78, 5) is 0. The molecule has 0 amide bonds. The molecule has 1 nitrogen and oxygen atoms in total. The smallest absolute Gasteiger partial charge is 0.0282 e. The van der Waals surface area contributed by atoms with Gasteiger partial charge in [0, 0.05) is 6.04 Å². The molecular weight excluding hydrogens is 134 g/mol. The Bertz CT molecular complexity index is 168. The molecular formula is C10H17N. The monoisotopic (exact) mass is 151 g/mol. The first-order valence-corrected chi connectivity index (χ1v) is 4.82. The zero-order chi connectivity index (χ0) is 7.68. The number of hydrogen-bond acceptors (Lipinski definition) is 1. The van der Waals surface area contributed by atoms with E-state index in [1.54, 1.807) is 5.57 Å². The molecule has 0 aromatic heterocycles. The lowest BCUT2D eigenvalue weighted by Gasteiger charge is -2.32. The molecule has 0 saturated heterocycles. The van der Waals surface area contributed by atoms with E-state index < -0.39 is 0 Å². The molecule has 0 spiro atoms. The highest BCUT2D eigenvalue weighted by atomic mass is 14.7. The van der Waals surface area contributed by atoms with Gasteiger partial charge in [-0.1, -0.05) is 18.1 Å². The van der Waals surface area contributed by atoms with E-state index in [1.807, 2.05) is 0 Å². The van der Waals surface area contributed by atoms with Crippen LogP contribution >= 0.6 is 0 Å². The van der Waals surface area contributed by atoms with E-state index in [0.717, 1.165) is 5.92 Å². The van der Waals surface area contributed by atoms with Crippen LogP contribution in [0.4, 0.5) is 0 Å².